The number of methoxy groups -OCH3 is 1. The van der Waals surface area contributed by atoms with E-state index in [4.69, 9.17) is 14.9 Å². The van der Waals surface area contributed by atoms with Gasteiger partial charge in [-0.1, -0.05) is 0 Å². The van der Waals surface area contributed by atoms with Crippen molar-refractivity contribution in [1.82, 2.24) is 10.6 Å². The number of hydrogen-bond acceptors (Lipinski definition) is 4. The van der Waals surface area contributed by atoms with E-state index in [0.717, 1.165) is 0 Å². The Morgan fingerprint density at radius 2 is 2.06 bits per heavy atom. The van der Waals surface area contributed by atoms with Gasteiger partial charge in [0.05, 0.1) is 6.10 Å². The van der Waals surface area contributed by atoms with Crippen molar-refractivity contribution in [3.63, 3.8) is 0 Å². The van der Waals surface area contributed by atoms with Crippen molar-refractivity contribution in [1.29, 1.82) is 0 Å². The molecule has 0 aliphatic rings. The Kier molecular flexibility index (Phi) is 7.23. The van der Waals surface area contributed by atoms with Crippen LogP contribution in [0.1, 0.15) is 13.3 Å². The minimum Gasteiger partial charge on any atom is -0.480 e. The second kappa shape index (κ2) is 7.89. The van der Waals surface area contributed by atoms with Gasteiger partial charge in [-0.25, -0.2) is 9.59 Å². The maximum absolute atomic E-state index is 11.2. The fourth-order valence-electron chi connectivity index (χ4n) is 0.916. The lowest BCUT2D eigenvalue weighted by molar-refractivity contribution is -0.139. The average Bonchev–Trinajstić information content (AvgIpc) is 2.25. The zero-order chi connectivity index (χ0) is 12.6. The lowest BCUT2D eigenvalue weighted by Crippen LogP contribution is -2.47. The number of rotatable bonds is 7. The van der Waals surface area contributed by atoms with Gasteiger partial charge in [0.1, 0.15) is 6.04 Å². The van der Waals surface area contributed by atoms with Gasteiger partial charge in [-0.2, -0.15) is 0 Å². The first kappa shape index (κ1) is 14.7. The summed E-state index contributed by atoms with van der Waals surface area (Å²) in [7, 11) is 1.51. The van der Waals surface area contributed by atoms with Gasteiger partial charge in [0.15, 0.2) is 0 Å². The third-order valence-electron chi connectivity index (χ3n) is 1.97. The van der Waals surface area contributed by atoms with Crippen molar-refractivity contribution in [2.24, 2.45) is 0 Å². The largest absolute Gasteiger partial charge is 0.480 e. The molecule has 2 amide bonds. The first-order valence-corrected chi connectivity index (χ1v) is 4.92. The van der Waals surface area contributed by atoms with E-state index >= 15 is 0 Å². The standard InChI is InChI=1S/C9H18N2O5/c1-6(16-2)5-10-9(15)11-7(3-4-12)8(13)14/h6-7,12H,3-5H2,1-2H3,(H,13,14)(H2,10,11,15). The van der Waals surface area contributed by atoms with Gasteiger partial charge in [0, 0.05) is 26.7 Å². The first-order valence-electron chi connectivity index (χ1n) is 4.92. The molecule has 0 aliphatic heterocycles. The summed E-state index contributed by atoms with van der Waals surface area (Å²) < 4.78 is 4.90. The van der Waals surface area contributed by atoms with Gasteiger partial charge in [-0.05, 0) is 6.92 Å². The van der Waals surface area contributed by atoms with Gasteiger partial charge in [-0.3, -0.25) is 0 Å². The Balaban J connectivity index is 3.95. The number of carboxylic acids is 1. The smallest absolute Gasteiger partial charge is 0.326 e. The van der Waals surface area contributed by atoms with Gasteiger partial charge < -0.3 is 25.6 Å². The summed E-state index contributed by atoms with van der Waals surface area (Å²) in [5.74, 6) is -1.18. The van der Waals surface area contributed by atoms with E-state index in [2.05, 4.69) is 10.6 Å². The zero-order valence-electron chi connectivity index (χ0n) is 9.40. The van der Waals surface area contributed by atoms with Crippen molar-refractivity contribution < 1.29 is 24.5 Å². The van der Waals surface area contributed by atoms with E-state index in [1.165, 1.54) is 7.11 Å². The molecule has 4 N–H and O–H groups in total. The highest BCUT2D eigenvalue weighted by molar-refractivity contribution is 5.82. The maximum atomic E-state index is 11.2. The molecule has 0 rings (SSSR count). The molecule has 0 fully saturated rings. The number of ether oxygens (including phenoxy) is 1. The third kappa shape index (κ3) is 6.20. The summed E-state index contributed by atoms with van der Waals surface area (Å²) in [6.07, 6.45) is -0.172. The van der Waals surface area contributed by atoms with Crippen molar-refractivity contribution in [3.8, 4) is 0 Å². The number of nitrogens with one attached hydrogen (secondary N) is 2. The van der Waals surface area contributed by atoms with E-state index in [9.17, 15) is 9.59 Å². The molecule has 0 aromatic rings. The van der Waals surface area contributed by atoms with Crippen LogP contribution in [-0.4, -0.2) is 54.6 Å². The molecule has 2 atom stereocenters. The van der Waals surface area contributed by atoms with Crippen LogP contribution < -0.4 is 10.6 Å². The molecule has 0 spiro atoms. The average molecular weight is 234 g/mol. The number of carboxylic acid groups (broad SMARTS) is 1. The lowest BCUT2D eigenvalue weighted by atomic mass is 10.2. The van der Waals surface area contributed by atoms with Crippen LogP contribution in [-0.2, 0) is 9.53 Å². The van der Waals surface area contributed by atoms with Gasteiger partial charge >= 0.3 is 12.0 Å². The Bertz CT molecular complexity index is 234. The molecular formula is C9H18N2O5. The van der Waals surface area contributed by atoms with Crippen LogP contribution in [0.25, 0.3) is 0 Å². The number of aliphatic carboxylic acids is 1. The molecule has 0 saturated heterocycles. The molecule has 0 aliphatic carbocycles. The summed E-state index contributed by atoms with van der Waals surface area (Å²) >= 11 is 0. The molecule has 0 saturated carbocycles. The van der Waals surface area contributed by atoms with E-state index in [1.54, 1.807) is 6.92 Å². The minimum absolute atomic E-state index is 0.0252. The number of aliphatic hydroxyl groups excluding tert-OH is 1. The van der Waals surface area contributed by atoms with E-state index < -0.39 is 18.0 Å². The van der Waals surface area contributed by atoms with Gasteiger partial charge in [0.25, 0.3) is 0 Å². The van der Waals surface area contributed by atoms with Crippen LogP contribution in [0.5, 0.6) is 0 Å². The highest BCUT2D eigenvalue weighted by atomic mass is 16.5. The quantitative estimate of drug-likeness (QED) is 0.459. The van der Waals surface area contributed by atoms with Crippen molar-refractivity contribution in [3.05, 3.63) is 0 Å². The minimum atomic E-state index is -1.18. The highest BCUT2D eigenvalue weighted by Gasteiger charge is 2.18. The molecule has 0 aromatic heterocycles. The molecule has 0 bridgehead atoms. The Labute approximate surface area is 93.8 Å². The summed E-state index contributed by atoms with van der Waals surface area (Å²) in [6.45, 7) is 1.75. The topological polar surface area (TPSA) is 108 Å². The van der Waals surface area contributed by atoms with Crippen LogP contribution in [0.3, 0.4) is 0 Å². The first-order chi connectivity index (χ1) is 7.51. The predicted octanol–water partition coefficient (Wildman–Crippen LogP) is -0.844. The molecule has 2 unspecified atom stereocenters. The molecule has 94 valence electrons. The molecule has 7 nitrogen and oxygen atoms in total. The molecule has 7 heteroatoms. The molecular weight excluding hydrogens is 216 g/mol. The fraction of sp³-hybridized carbons (Fsp3) is 0.778. The van der Waals surface area contributed by atoms with Crippen LogP contribution in [0.2, 0.25) is 0 Å². The normalized spacial score (nSPS) is 13.9. The monoisotopic (exact) mass is 234 g/mol. The fourth-order valence-corrected chi connectivity index (χ4v) is 0.916. The van der Waals surface area contributed by atoms with E-state index in [-0.39, 0.29) is 25.7 Å². The molecule has 0 radical (unpaired) electrons. The Morgan fingerprint density at radius 3 is 2.50 bits per heavy atom. The SMILES string of the molecule is COC(C)CNC(=O)NC(CCO)C(=O)O. The summed E-state index contributed by atoms with van der Waals surface area (Å²) in [6, 6.07) is -1.67. The van der Waals surface area contributed by atoms with Crippen molar-refractivity contribution in [2.75, 3.05) is 20.3 Å². The molecule has 16 heavy (non-hydrogen) atoms. The Hall–Kier alpha value is -1.34. The highest BCUT2D eigenvalue weighted by Crippen LogP contribution is 1.91. The lowest BCUT2D eigenvalue weighted by Gasteiger charge is -2.15. The maximum Gasteiger partial charge on any atom is 0.326 e. The molecule has 0 aromatic carbocycles. The number of aliphatic hydroxyl groups is 1. The summed E-state index contributed by atoms with van der Waals surface area (Å²) in [5.41, 5.74) is 0. The van der Waals surface area contributed by atoms with E-state index in [1.807, 2.05) is 0 Å². The van der Waals surface area contributed by atoms with Crippen LogP contribution >= 0.6 is 0 Å². The summed E-state index contributed by atoms with van der Waals surface area (Å²) in [4.78, 5) is 21.9. The van der Waals surface area contributed by atoms with Gasteiger partial charge in [0.2, 0.25) is 0 Å². The predicted molar refractivity (Wildman–Crippen MR) is 56.1 cm³/mol. The van der Waals surface area contributed by atoms with Gasteiger partial charge in [-0.15, -0.1) is 0 Å². The number of carbonyl (C=O) groups is 2. The van der Waals surface area contributed by atoms with Crippen molar-refractivity contribution >= 4 is 12.0 Å². The van der Waals surface area contributed by atoms with Crippen LogP contribution in [0.4, 0.5) is 4.79 Å². The Morgan fingerprint density at radius 1 is 1.44 bits per heavy atom. The number of urea groups is 1. The third-order valence-corrected chi connectivity index (χ3v) is 1.97. The number of carbonyl (C=O) groups excluding carboxylic acids is 1. The van der Waals surface area contributed by atoms with Crippen LogP contribution in [0.15, 0.2) is 0 Å². The van der Waals surface area contributed by atoms with Crippen molar-refractivity contribution in [2.45, 2.75) is 25.5 Å². The zero-order valence-corrected chi connectivity index (χ0v) is 9.40. The second-order valence-corrected chi connectivity index (χ2v) is 3.30. The second-order valence-electron chi connectivity index (χ2n) is 3.30. The summed E-state index contributed by atoms with van der Waals surface area (Å²) in [5, 5.41) is 22.0. The molecule has 0 heterocycles. The number of amides is 2. The number of hydrogen-bond donors (Lipinski definition) is 4. The van der Waals surface area contributed by atoms with E-state index in [0.29, 0.717) is 0 Å². The van der Waals surface area contributed by atoms with Crippen LogP contribution in [0, 0.1) is 0 Å².